The number of carbonyl (C=O) groups excluding carboxylic acids is 2. The summed E-state index contributed by atoms with van der Waals surface area (Å²) in [4.78, 5) is 29.9. The molecule has 1 atom stereocenters. The van der Waals surface area contributed by atoms with Crippen LogP contribution in [0.5, 0.6) is 11.5 Å². The number of unbranched alkanes of at least 4 members (excludes halogenated alkanes) is 1. The zero-order valence-electron chi connectivity index (χ0n) is 22.8. The first-order valence-corrected chi connectivity index (χ1v) is 13.3. The molecule has 1 N–H and O–H groups in total. The van der Waals surface area contributed by atoms with E-state index in [1.54, 1.807) is 24.3 Å². The third kappa shape index (κ3) is 6.86. The molecule has 3 aromatic rings. The number of aliphatic hydroxyl groups is 1. The fraction of sp³-hybridized carbons (Fsp3) is 0.312. The molecule has 1 amide bonds. The molecule has 4 rings (SSSR count). The van der Waals surface area contributed by atoms with Crippen molar-refractivity contribution < 1.29 is 24.2 Å². The Balaban J connectivity index is 1.63. The van der Waals surface area contributed by atoms with Crippen LogP contribution < -0.4 is 9.47 Å². The minimum atomic E-state index is -0.714. The van der Waals surface area contributed by atoms with E-state index >= 15 is 0 Å². The second-order valence-corrected chi connectivity index (χ2v) is 9.87. The van der Waals surface area contributed by atoms with Gasteiger partial charge in [-0.05, 0) is 68.0 Å². The second-order valence-electron chi connectivity index (χ2n) is 9.87. The van der Waals surface area contributed by atoms with Gasteiger partial charge in [-0.25, -0.2) is 0 Å². The normalized spacial score (nSPS) is 16.6. The molecule has 0 aliphatic carbocycles. The van der Waals surface area contributed by atoms with Crippen LogP contribution in [0.15, 0.2) is 84.4 Å². The zero-order valence-corrected chi connectivity index (χ0v) is 22.8. The van der Waals surface area contributed by atoms with E-state index in [1.165, 1.54) is 4.90 Å². The van der Waals surface area contributed by atoms with Crippen LogP contribution >= 0.6 is 0 Å². The summed E-state index contributed by atoms with van der Waals surface area (Å²) in [6, 6.07) is 23.5. The lowest BCUT2D eigenvalue weighted by molar-refractivity contribution is -0.140. The largest absolute Gasteiger partial charge is 0.507 e. The highest BCUT2D eigenvalue weighted by Gasteiger charge is 2.45. The monoisotopic (exact) mass is 528 g/mol. The fourth-order valence-corrected chi connectivity index (χ4v) is 4.45. The van der Waals surface area contributed by atoms with Gasteiger partial charge in [-0.15, -0.1) is 0 Å². The number of hydrogen-bond donors (Lipinski definition) is 1. The third-order valence-corrected chi connectivity index (χ3v) is 6.67. The first kappa shape index (κ1) is 27.9. The number of rotatable bonds is 12. The highest BCUT2D eigenvalue weighted by Crippen LogP contribution is 2.40. The molecule has 1 unspecified atom stereocenters. The molecule has 0 spiro atoms. The molecule has 1 aliphatic rings. The summed E-state index contributed by atoms with van der Waals surface area (Å²) in [5, 5.41) is 11.3. The lowest BCUT2D eigenvalue weighted by Gasteiger charge is -2.26. The predicted molar refractivity (Wildman–Crippen MR) is 152 cm³/mol. The Morgan fingerprint density at radius 1 is 0.897 bits per heavy atom. The summed E-state index contributed by atoms with van der Waals surface area (Å²) < 4.78 is 11.6. The average Bonchev–Trinajstić information content (AvgIpc) is 3.21. The maximum atomic E-state index is 13.3. The molecule has 0 radical (unpaired) electrons. The number of likely N-dealkylation sites (N-methyl/N-ethyl adjacent to an activating group) is 1. The summed E-state index contributed by atoms with van der Waals surface area (Å²) in [6.07, 6.45) is 1.99. The fourth-order valence-electron chi connectivity index (χ4n) is 4.45. The quantitative estimate of drug-likeness (QED) is 0.146. The summed E-state index contributed by atoms with van der Waals surface area (Å²) in [6.45, 7) is 4.06. The van der Waals surface area contributed by atoms with E-state index in [-0.39, 0.29) is 11.3 Å². The molecule has 3 aromatic carbocycles. The Kier molecular flexibility index (Phi) is 9.39. The van der Waals surface area contributed by atoms with E-state index in [9.17, 15) is 14.7 Å². The van der Waals surface area contributed by atoms with Crippen molar-refractivity contribution in [1.82, 2.24) is 9.80 Å². The van der Waals surface area contributed by atoms with Crippen molar-refractivity contribution in [3.63, 3.8) is 0 Å². The van der Waals surface area contributed by atoms with Gasteiger partial charge in [0.25, 0.3) is 11.7 Å². The summed E-state index contributed by atoms with van der Waals surface area (Å²) in [7, 11) is 3.82. The van der Waals surface area contributed by atoms with Crippen LogP contribution in [0.25, 0.3) is 5.76 Å². The number of hydrogen-bond acceptors (Lipinski definition) is 6. The van der Waals surface area contributed by atoms with Crippen molar-refractivity contribution in [3.05, 3.63) is 101 Å². The van der Waals surface area contributed by atoms with Crippen LogP contribution in [0.2, 0.25) is 0 Å². The minimum absolute atomic E-state index is 0.0800. The van der Waals surface area contributed by atoms with Crippen LogP contribution in [0.4, 0.5) is 0 Å². The SMILES string of the molecule is CCCCOc1ccc(C(O)=C2C(=O)C(=O)N(CCN(C)C)C2c2ccc(OCc3ccccc3)cc2)cc1. The van der Waals surface area contributed by atoms with Gasteiger partial charge < -0.3 is 24.4 Å². The standard InChI is InChI=1S/C32H36N2O5/c1-4-5-21-38-26-17-13-25(14-18-26)30(35)28-29(34(20-19-33(2)3)32(37)31(28)36)24-11-15-27(16-12-24)39-22-23-9-7-6-8-10-23/h6-18,29,35H,4-5,19-22H2,1-3H3. The van der Waals surface area contributed by atoms with Crippen molar-refractivity contribution in [2.24, 2.45) is 0 Å². The van der Waals surface area contributed by atoms with Crippen LogP contribution in [-0.4, -0.2) is 60.4 Å². The molecule has 39 heavy (non-hydrogen) atoms. The van der Waals surface area contributed by atoms with Crippen LogP contribution in [0.3, 0.4) is 0 Å². The molecule has 7 heteroatoms. The minimum Gasteiger partial charge on any atom is -0.507 e. The van der Waals surface area contributed by atoms with Gasteiger partial charge in [0, 0.05) is 18.7 Å². The molecule has 1 aliphatic heterocycles. The van der Waals surface area contributed by atoms with Gasteiger partial charge in [0.1, 0.15) is 23.9 Å². The van der Waals surface area contributed by atoms with Crippen LogP contribution in [0.1, 0.15) is 42.5 Å². The topological polar surface area (TPSA) is 79.3 Å². The number of amides is 1. The number of nitrogens with zero attached hydrogens (tertiary/aromatic N) is 2. The van der Waals surface area contributed by atoms with E-state index in [4.69, 9.17) is 9.47 Å². The molecular weight excluding hydrogens is 492 g/mol. The molecular formula is C32H36N2O5. The summed E-state index contributed by atoms with van der Waals surface area (Å²) in [5.41, 5.74) is 2.31. The summed E-state index contributed by atoms with van der Waals surface area (Å²) in [5.74, 6) is -0.146. The predicted octanol–water partition coefficient (Wildman–Crippen LogP) is 5.43. The molecule has 1 fully saturated rings. The van der Waals surface area contributed by atoms with Crippen molar-refractivity contribution in [2.45, 2.75) is 32.4 Å². The first-order valence-electron chi connectivity index (χ1n) is 13.3. The van der Waals surface area contributed by atoms with Gasteiger partial charge in [0.05, 0.1) is 18.2 Å². The number of carbonyl (C=O) groups is 2. The average molecular weight is 529 g/mol. The molecule has 7 nitrogen and oxygen atoms in total. The zero-order chi connectivity index (χ0) is 27.8. The van der Waals surface area contributed by atoms with Gasteiger partial charge >= 0.3 is 0 Å². The Bertz CT molecular complexity index is 1280. The van der Waals surface area contributed by atoms with Crippen molar-refractivity contribution in [2.75, 3.05) is 33.8 Å². The van der Waals surface area contributed by atoms with Crippen LogP contribution in [0, 0.1) is 0 Å². The molecule has 0 saturated carbocycles. The number of likely N-dealkylation sites (tertiary alicyclic amines) is 1. The van der Waals surface area contributed by atoms with Gasteiger partial charge in [-0.2, -0.15) is 0 Å². The van der Waals surface area contributed by atoms with E-state index in [0.29, 0.717) is 43.4 Å². The van der Waals surface area contributed by atoms with E-state index in [2.05, 4.69) is 6.92 Å². The second kappa shape index (κ2) is 13.1. The highest BCUT2D eigenvalue weighted by atomic mass is 16.5. The van der Waals surface area contributed by atoms with Crippen LogP contribution in [-0.2, 0) is 16.2 Å². The number of benzene rings is 3. The van der Waals surface area contributed by atoms with Crippen molar-refractivity contribution in [1.29, 1.82) is 0 Å². The maximum absolute atomic E-state index is 13.3. The summed E-state index contributed by atoms with van der Waals surface area (Å²) >= 11 is 0. The molecule has 0 bridgehead atoms. The van der Waals surface area contributed by atoms with E-state index in [0.717, 1.165) is 24.0 Å². The van der Waals surface area contributed by atoms with E-state index in [1.807, 2.05) is 73.6 Å². The Labute approximate surface area is 230 Å². The molecule has 1 heterocycles. The van der Waals surface area contributed by atoms with Crippen molar-refractivity contribution in [3.8, 4) is 11.5 Å². The van der Waals surface area contributed by atoms with Crippen molar-refractivity contribution >= 4 is 17.4 Å². The Morgan fingerprint density at radius 3 is 2.18 bits per heavy atom. The number of Topliss-reactive ketones (excluding diaryl/α,β-unsaturated/α-hetero) is 1. The number of ketones is 1. The Hall–Kier alpha value is -4.10. The number of ether oxygens (including phenoxy) is 2. The van der Waals surface area contributed by atoms with Gasteiger partial charge in [0.2, 0.25) is 0 Å². The lowest BCUT2D eigenvalue weighted by Crippen LogP contribution is -2.35. The molecule has 1 saturated heterocycles. The van der Waals surface area contributed by atoms with Gasteiger partial charge in [-0.3, -0.25) is 9.59 Å². The number of aliphatic hydroxyl groups excluding tert-OH is 1. The highest BCUT2D eigenvalue weighted by molar-refractivity contribution is 6.46. The van der Waals surface area contributed by atoms with Gasteiger partial charge in [0.15, 0.2) is 0 Å². The molecule has 0 aromatic heterocycles. The molecule has 204 valence electrons. The maximum Gasteiger partial charge on any atom is 0.295 e. The lowest BCUT2D eigenvalue weighted by atomic mass is 9.95. The van der Waals surface area contributed by atoms with E-state index < -0.39 is 17.7 Å². The third-order valence-electron chi connectivity index (χ3n) is 6.67. The smallest absolute Gasteiger partial charge is 0.295 e. The van der Waals surface area contributed by atoms with Gasteiger partial charge in [-0.1, -0.05) is 55.8 Å². The first-order chi connectivity index (χ1) is 18.9. The Morgan fingerprint density at radius 2 is 1.54 bits per heavy atom.